The molecule has 0 saturated carbocycles. The lowest BCUT2D eigenvalue weighted by Gasteiger charge is -2.48. The van der Waals surface area contributed by atoms with Gasteiger partial charge in [0.15, 0.2) is 0 Å². The largest absolute Gasteiger partial charge is 0.497 e. The van der Waals surface area contributed by atoms with Crippen molar-refractivity contribution in [1.29, 1.82) is 0 Å². The number of hydrogen-bond acceptors (Lipinski definition) is 2. The Morgan fingerprint density at radius 2 is 1.80 bits per heavy atom. The summed E-state index contributed by atoms with van der Waals surface area (Å²) in [6.07, 6.45) is 2.14. The van der Waals surface area contributed by atoms with Gasteiger partial charge in [-0.15, -0.1) is 0 Å². The lowest BCUT2D eigenvalue weighted by molar-refractivity contribution is -0.915. The average Bonchev–Trinajstić information content (AvgIpc) is 2.75. The number of amides is 1. The Balaban J connectivity index is 1.81. The van der Waals surface area contributed by atoms with Crippen molar-refractivity contribution in [3.05, 3.63) is 65.7 Å². The van der Waals surface area contributed by atoms with E-state index in [2.05, 4.69) is 51.2 Å². The Labute approximate surface area is 181 Å². The second-order valence-corrected chi connectivity index (χ2v) is 9.12. The minimum atomic E-state index is 0.105. The van der Waals surface area contributed by atoms with Gasteiger partial charge in [-0.05, 0) is 36.6 Å². The highest BCUT2D eigenvalue weighted by Crippen LogP contribution is 2.41. The van der Waals surface area contributed by atoms with Gasteiger partial charge in [-0.1, -0.05) is 49.4 Å². The van der Waals surface area contributed by atoms with Crippen LogP contribution in [0.3, 0.4) is 0 Å². The second-order valence-electron chi connectivity index (χ2n) is 9.12. The van der Waals surface area contributed by atoms with Crippen molar-refractivity contribution >= 4 is 5.91 Å². The third-order valence-corrected chi connectivity index (χ3v) is 7.24. The lowest BCUT2D eigenvalue weighted by Crippen LogP contribution is -3.15. The molecular weight excluding hydrogens is 372 g/mol. The number of carbonyl (C=O) groups excluding carboxylic acids is 1. The van der Waals surface area contributed by atoms with Gasteiger partial charge in [0.05, 0.1) is 26.7 Å². The zero-order chi connectivity index (χ0) is 21.7. The van der Waals surface area contributed by atoms with Gasteiger partial charge in [0.1, 0.15) is 5.75 Å². The number of quaternary nitrogens is 1. The maximum Gasteiger partial charge on any atom is 0.219 e. The molecule has 1 aliphatic heterocycles. The molecule has 4 atom stereocenters. The summed E-state index contributed by atoms with van der Waals surface area (Å²) in [7, 11) is 3.98. The van der Waals surface area contributed by atoms with Crippen LogP contribution in [0.5, 0.6) is 5.75 Å². The van der Waals surface area contributed by atoms with E-state index in [1.165, 1.54) is 5.56 Å². The summed E-state index contributed by atoms with van der Waals surface area (Å²) in [6.45, 7) is 9.01. The van der Waals surface area contributed by atoms with Gasteiger partial charge in [0.2, 0.25) is 5.91 Å². The SMILES string of the molecule is COc1ccc(CN(CC[C@@]2(c3ccccc3)C[C@H](C)[NH+](C)C[C@H]2C)C(C)=O)cc1. The Bertz CT molecular complexity index is 821. The van der Waals surface area contributed by atoms with E-state index in [0.29, 0.717) is 18.5 Å². The predicted molar refractivity (Wildman–Crippen MR) is 122 cm³/mol. The quantitative estimate of drug-likeness (QED) is 0.761. The smallest absolute Gasteiger partial charge is 0.219 e. The molecule has 1 saturated heterocycles. The van der Waals surface area contributed by atoms with Crippen LogP contribution in [0.15, 0.2) is 54.6 Å². The fourth-order valence-electron chi connectivity index (χ4n) is 5.10. The maximum absolute atomic E-state index is 12.5. The molecule has 3 rings (SSSR count). The fourth-order valence-corrected chi connectivity index (χ4v) is 5.10. The molecule has 30 heavy (non-hydrogen) atoms. The molecule has 4 nitrogen and oxygen atoms in total. The highest BCUT2D eigenvalue weighted by atomic mass is 16.5. The molecular formula is C26H37N2O2+. The summed E-state index contributed by atoms with van der Waals surface area (Å²) < 4.78 is 5.26. The van der Waals surface area contributed by atoms with Crippen molar-refractivity contribution in [2.24, 2.45) is 5.92 Å². The van der Waals surface area contributed by atoms with Crippen LogP contribution in [0, 0.1) is 5.92 Å². The molecule has 0 spiro atoms. The minimum Gasteiger partial charge on any atom is -0.497 e. The molecule has 1 N–H and O–H groups in total. The summed E-state index contributed by atoms with van der Waals surface area (Å²) in [6, 6.07) is 19.6. The van der Waals surface area contributed by atoms with Crippen LogP contribution in [0.2, 0.25) is 0 Å². The fraction of sp³-hybridized carbons (Fsp3) is 0.500. The molecule has 4 heteroatoms. The summed E-state index contributed by atoms with van der Waals surface area (Å²) in [5.74, 6) is 1.53. The molecule has 1 amide bonds. The zero-order valence-electron chi connectivity index (χ0n) is 19.2. The van der Waals surface area contributed by atoms with E-state index in [-0.39, 0.29) is 11.3 Å². The monoisotopic (exact) mass is 409 g/mol. The molecule has 0 aromatic heterocycles. The number of nitrogens with one attached hydrogen (secondary N) is 1. The van der Waals surface area contributed by atoms with Gasteiger partial charge in [0.25, 0.3) is 0 Å². The molecule has 0 bridgehead atoms. The third kappa shape index (κ3) is 4.86. The van der Waals surface area contributed by atoms with E-state index in [0.717, 1.165) is 37.2 Å². The second kappa shape index (κ2) is 9.65. The van der Waals surface area contributed by atoms with Gasteiger partial charge < -0.3 is 14.5 Å². The van der Waals surface area contributed by atoms with E-state index >= 15 is 0 Å². The Morgan fingerprint density at radius 3 is 2.40 bits per heavy atom. The number of methoxy groups -OCH3 is 1. The average molecular weight is 410 g/mol. The van der Waals surface area contributed by atoms with Gasteiger partial charge in [0, 0.05) is 37.8 Å². The lowest BCUT2D eigenvalue weighted by atomic mass is 9.63. The first-order chi connectivity index (χ1) is 14.4. The Morgan fingerprint density at radius 1 is 1.13 bits per heavy atom. The number of benzene rings is 2. The van der Waals surface area contributed by atoms with Crippen LogP contribution in [0.1, 0.15) is 44.7 Å². The van der Waals surface area contributed by atoms with Crippen molar-refractivity contribution in [1.82, 2.24) is 4.90 Å². The molecule has 1 unspecified atom stereocenters. The standard InChI is InChI=1S/C26H36N2O2/c1-20-18-27(4)21(2)17-26(20,24-9-7-6-8-10-24)15-16-28(22(3)29)19-23-11-13-25(30-5)14-12-23/h6-14,20-21H,15-19H2,1-5H3/p+1/t20-,21+,26-/m1/s1. The molecule has 0 aliphatic carbocycles. The molecule has 1 heterocycles. The van der Waals surface area contributed by atoms with Crippen molar-refractivity contribution < 1.29 is 14.4 Å². The maximum atomic E-state index is 12.5. The van der Waals surface area contributed by atoms with Crippen LogP contribution in [0.4, 0.5) is 0 Å². The third-order valence-electron chi connectivity index (χ3n) is 7.24. The first-order valence-electron chi connectivity index (χ1n) is 11.1. The van der Waals surface area contributed by atoms with Crippen LogP contribution in [-0.4, -0.2) is 44.1 Å². The van der Waals surface area contributed by atoms with E-state index in [1.807, 2.05) is 29.2 Å². The summed E-state index contributed by atoms with van der Waals surface area (Å²) in [4.78, 5) is 16.1. The van der Waals surface area contributed by atoms with Gasteiger partial charge in [-0.25, -0.2) is 0 Å². The first kappa shape index (κ1) is 22.4. The van der Waals surface area contributed by atoms with Crippen molar-refractivity contribution in [2.75, 3.05) is 27.2 Å². The molecule has 1 fully saturated rings. The van der Waals surface area contributed by atoms with Gasteiger partial charge in [-0.3, -0.25) is 4.79 Å². The van der Waals surface area contributed by atoms with E-state index in [9.17, 15) is 4.79 Å². The van der Waals surface area contributed by atoms with Crippen LogP contribution < -0.4 is 9.64 Å². The molecule has 0 radical (unpaired) electrons. The number of hydrogen-bond donors (Lipinski definition) is 1. The molecule has 162 valence electrons. The number of nitrogens with zero attached hydrogens (tertiary/aromatic N) is 1. The van der Waals surface area contributed by atoms with Crippen LogP contribution >= 0.6 is 0 Å². The van der Waals surface area contributed by atoms with Crippen LogP contribution in [0.25, 0.3) is 0 Å². The number of rotatable bonds is 7. The van der Waals surface area contributed by atoms with E-state index in [4.69, 9.17) is 4.74 Å². The van der Waals surface area contributed by atoms with Gasteiger partial charge in [-0.2, -0.15) is 0 Å². The number of carbonyl (C=O) groups is 1. The summed E-state index contributed by atoms with van der Waals surface area (Å²) >= 11 is 0. The van der Waals surface area contributed by atoms with Crippen LogP contribution in [-0.2, 0) is 16.8 Å². The van der Waals surface area contributed by atoms with Crippen molar-refractivity contribution in [3.63, 3.8) is 0 Å². The highest BCUT2D eigenvalue weighted by Gasteiger charge is 2.46. The Kier molecular flexibility index (Phi) is 7.19. The number of likely N-dealkylation sites (tertiary alicyclic amines) is 1. The normalized spacial score (nSPS) is 26.2. The zero-order valence-corrected chi connectivity index (χ0v) is 19.2. The van der Waals surface area contributed by atoms with Crippen molar-refractivity contribution in [3.8, 4) is 5.75 Å². The molecule has 2 aromatic rings. The molecule has 2 aromatic carbocycles. The molecule has 1 aliphatic rings. The number of piperidine rings is 1. The topological polar surface area (TPSA) is 34.0 Å². The summed E-state index contributed by atoms with van der Waals surface area (Å²) in [5.41, 5.74) is 2.66. The minimum absolute atomic E-state index is 0.105. The van der Waals surface area contributed by atoms with Gasteiger partial charge >= 0.3 is 0 Å². The first-order valence-corrected chi connectivity index (χ1v) is 11.1. The van der Waals surface area contributed by atoms with Crippen molar-refractivity contribution in [2.45, 2.75) is 51.6 Å². The predicted octanol–water partition coefficient (Wildman–Crippen LogP) is 3.31. The van der Waals surface area contributed by atoms with E-state index in [1.54, 1.807) is 18.9 Å². The Hall–Kier alpha value is -2.33. The van der Waals surface area contributed by atoms with E-state index < -0.39 is 0 Å². The highest BCUT2D eigenvalue weighted by molar-refractivity contribution is 5.73. The summed E-state index contributed by atoms with van der Waals surface area (Å²) in [5, 5.41) is 0. The number of ether oxygens (including phenoxy) is 1.